The number of benzene rings is 2. The van der Waals surface area contributed by atoms with E-state index in [1.807, 2.05) is 0 Å². The highest BCUT2D eigenvalue weighted by Crippen LogP contribution is 2.23. The van der Waals surface area contributed by atoms with Crippen LogP contribution >= 0.6 is 0 Å². The minimum absolute atomic E-state index is 0.0477. The summed E-state index contributed by atoms with van der Waals surface area (Å²) >= 11 is 0. The maximum Gasteiger partial charge on any atom is 0.344 e. The number of carbonyl (C=O) groups excluding carboxylic acids is 1. The van der Waals surface area contributed by atoms with Crippen LogP contribution in [0.1, 0.15) is 18.9 Å². The van der Waals surface area contributed by atoms with Gasteiger partial charge in [-0.2, -0.15) is 0 Å². The van der Waals surface area contributed by atoms with Crippen LogP contribution in [0.5, 0.6) is 5.75 Å². The van der Waals surface area contributed by atoms with Gasteiger partial charge in [0, 0.05) is 5.56 Å². The molecule has 6 nitrogen and oxygen atoms in total. The summed E-state index contributed by atoms with van der Waals surface area (Å²) in [6.45, 7) is 1.08. The molecular formula is C18H14F2N2O4. The van der Waals surface area contributed by atoms with Crippen LogP contribution in [0.4, 0.5) is 8.78 Å². The van der Waals surface area contributed by atoms with Gasteiger partial charge in [0.15, 0.2) is 24.3 Å². The van der Waals surface area contributed by atoms with Gasteiger partial charge < -0.3 is 13.9 Å². The van der Waals surface area contributed by atoms with Gasteiger partial charge in [0.25, 0.3) is 5.89 Å². The Morgan fingerprint density at radius 2 is 1.85 bits per heavy atom. The lowest BCUT2D eigenvalue weighted by atomic mass is 10.2. The van der Waals surface area contributed by atoms with Crippen molar-refractivity contribution in [2.24, 2.45) is 0 Å². The molecule has 0 saturated carbocycles. The molecule has 26 heavy (non-hydrogen) atoms. The summed E-state index contributed by atoms with van der Waals surface area (Å²) in [6.07, 6.45) is -0.826. The fourth-order valence-electron chi connectivity index (χ4n) is 2.09. The topological polar surface area (TPSA) is 74.5 Å². The van der Waals surface area contributed by atoms with Gasteiger partial charge in [0.05, 0.1) is 0 Å². The highest BCUT2D eigenvalue weighted by Gasteiger charge is 2.19. The van der Waals surface area contributed by atoms with Crippen molar-refractivity contribution in [3.05, 3.63) is 66.1 Å². The molecule has 0 aliphatic carbocycles. The van der Waals surface area contributed by atoms with Gasteiger partial charge in [-0.15, -0.1) is 10.2 Å². The minimum Gasteiger partial charge on any atom is -0.479 e. The molecule has 0 bridgehead atoms. The van der Waals surface area contributed by atoms with Gasteiger partial charge in [-0.3, -0.25) is 0 Å². The molecule has 0 spiro atoms. The maximum atomic E-state index is 13.4. The molecular weight excluding hydrogens is 346 g/mol. The van der Waals surface area contributed by atoms with Crippen molar-refractivity contribution in [3.8, 4) is 17.2 Å². The highest BCUT2D eigenvalue weighted by atomic mass is 19.1. The van der Waals surface area contributed by atoms with Gasteiger partial charge in [-0.1, -0.05) is 12.1 Å². The highest BCUT2D eigenvalue weighted by molar-refractivity contribution is 5.71. The first-order valence-corrected chi connectivity index (χ1v) is 7.69. The van der Waals surface area contributed by atoms with Crippen molar-refractivity contribution in [1.82, 2.24) is 10.2 Å². The van der Waals surface area contributed by atoms with Gasteiger partial charge in [0.2, 0.25) is 5.89 Å². The minimum atomic E-state index is -0.826. The molecule has 8 heteroatoms. The molecule has 0 amide bonds. The van der Waals surface area contributed by atoms with Crippen molar-refractivity contribution in [1.29, 1.82) is 0 Å². The first kappa shape index (κ1) is 17.5. The first-order valence-electron chi connectivity index (χ1n) is 7.69. The number of para-hydroxylation sites is 1. The molecule has 0 N–H and O–H groups in total. The molecule has 2 aromatic carbocycles. The molecule has 134 valence electrons. The lowest BCUT2D eigenvalue weighted by molar-refractivity contribution is -0.152. The molecule has 1 atom stereocenters. The molecule has 1 aromatic heterocycles. The third kappa shape index (κ3) is 4.21. The maximum absolute atomic E-state index is 13.4. The lowest BCUT2D eigenvalue weighted by Gasteiger charge is -2.10. The Bertz CT molecular complexity index is 896. The second kappa shape index (κ2) is 7.73. The van der Waals surface area contributed by atoms with Crippen molar-refractivity contribution in [2.45, 2.75) is 13.0 Å². The Morgan fingerprint density at radius 3 is 2.58 bits per heavy atom. The molecule has 3 aromatic rings. The summed E-state index contributed by atoms with van der Waals surface area (Å²) in [4.78, 5) is 11.8. The van der Waals surface area contributed by atoms with E-state index in [2.05, 4.69) is 10.2 Å². The van der Waals surface area contributed by atoms with Crippen molar-refractivity contribution in [3.63, 3.8) is 0 Å². The van der Waals surface area contributed by atoms with E-state index in [-0.39, 0.29) is 23.3 Å². The number of hydrogen-bond donors (Lipinski definition) is 0. The molecule has 1 heterocycles. The summed E-state index contributed by atoms with van der Waals surface area (Å²) in [5.74, 6) is -1.48. The predicted octanol–water partition coefficient (Wildman–Crippen LogP) is 3.70. The van der Waals surface area contributed by atoms with E-state index in [0.717, 1.165) is 0 Å². The Hall–Kier alpha value is -3.29. The van der Waals surface area contributed by atoms with Gasteiger partial charge in [-0.05, 0) is 43.3 Å². The van der Waals surface area contributed by atoms with Crippen LogP contribution < -0.4 is 4.74 Å². The summed E-state index contributed by atoms with van der Waals surface area (Å²) in [6, 6.07) is 11.2. The Labute approximate surface area is 147 Å². The monoisotopic (exact) mass is 360 g/mol. The van der Waals surface area contributed by atoms with Crippen LogP contribution in [0.2, 0.25) is 0 Å². The normalized spacial score (nSPS) is 11.8. The lowest BCUT2D eigenvalue weighted by Crippen LogP contribution is -2.17. The van der Waals surface area contributed by atoms with E-state index >= 15 is 0 Å². The van der Waals surface area contributed by atoms with Crippen LogP contribution in [0, 0.1) is 11.6 Å². The zero-order valence-corrected chi connectivity index (χ0v) is 13.7. The van der Waals surface area contributed by atoms with Crippen LogP contribution in [-0.4, -0.2) is 22.8 Å². The molecule has 3 rings (SSSR count). The van der Waals surface area contributed by atoms with Crippen LogP contribution in [0.15, 0.2) is 52.9 Å². The largest absolute Gasteiger partial charge is 0.479 e. The smallest absolute Gasteiger partial charge is 0.344 e. The number of aromatic nitrogens is 2. The summed E-state index contributed by atoms with van der Waals surface area (Å²) in [7, 11) is 0. The number of esters is 1. The summed E-state index contributed by atoms with van der Waals surface area (Å²) < 4.78 is 42.0. The number of halogens is 2. The molecule has 0 saturated heterocycles. The average Bonchev–Trinajstić information content (AvgIpc) is 3.12. The fraction of sp³-hybridized carbons (Fsp3) is 0.167. The number of ether oxygens (including phenoxy) is 2. The van der Waals surface area contributed by atoms with Gasteiger partial charge in [-0.25, -0.2) is 13.6 Å². The molecule has 0 fully saturated rings. The molecule has 0 unspecified atom stereocenters. The van der Waals surface area contributed by atoms with E-state index in [4.69, 9.17) is 13.9 Å². The van der Waals surface area contributed by atoms with Crippen molar-refractivity contribution in [2.75, 3.05) is 6.61 Å². The number of hydrogen-bond acceptors (Lipinski definition) is 6. The van der Waals surface area contributed by atoms with Crippen LogP contribution in [-0.2, 0) is 9.53 Å². The summed E-state index contributed by atoms with van der Waals surface area (Å²) in [5.41, 5.74) is 0.534. The average molecular weight is 360 g/mol. The SMILES string of the molecule is C[C@@H](OC(=O)COc1ccccc1F)c1nnc(-c2ccc(F)cc2)o1. The Kier molecular flexibility index (Phi) is 5.21. The number of carbonyl (C=O) groups is 1. The van der Waals surface area contributed by atoms with E-state index in [1.54, 1.807) is 13.0 Å². The molecule has 0 aliphatic heterocycles. The van der Waals surface area contributed by atoms with Gasteiger partial charge >= 0.3 is 5.97 Å². The van der Waals surface area contributed by atoms with Crippen LogP contribution in [0.3, 0.4) is 0 Å². The first-order chi connectivity index (χ1) is 12.5. The second-order valence-electron chi connectivity index (χ2n) is 5.30. The van der Waals surface area contributed by atoms with Gasteiger partial charge in [0.1, 0.15) is 5.82 Å². The quantitative estimate of drug-likeness (QED) is 0.624. The Balaban J connectivity index is 1.58. The zero-order valence-electron chi connectivity index (χ0n) is 13.7. The second-order valence-corrected chi connectivity index (χ2v) is 5.30. The Morgan fingerprint density at radius 1 is 1.12 bits per heavy atom. The third-order valence-corrected chi connectivity index (χ3v) is 3.37. The molecule has 0 aliphatic rings. The predicted molar refractivity (Wildman–Crippen MR) is 86.1 cm³/mol. The fourth-order valence-corrected chi connectivity index (χ4v) is 2.09. The van der Waals surface area contributed by atoms with Crippen molar-refractivity contribution >= 4 is 5.97 Å². The van der Waals surface area contributed by atoms with E-state index in [0.29, 0.717) is 5.56 Å². The number of nitrogens with zero attached hydrogens (tertiary/aromatic N) is 2. The van der Waals surface area contributed by atoms with E-state index in [9.17, 15) is 13.6 Å². The third-order valence-electron chi connectivity index (χ3n) is 3.37. The standard InChI is InChI=1S/C18H14F2N2O4/c1-11(25-16(23)10-24-15-5-3-2-4-14(15)20)17-21-22-18(26-17)12-6-8-13(19)9-7-12/h2-9,11H,10H2,1H3/t11-/m1/s1. The van der Waals surface area contributed by atoms with Crippen LogP contribution in [0.25, 0.3) is 11.5 Å². The summed E-state index contributed by atoms with van der Waals surface area (Å²) in [5, 5.41) is 7.65. The zero-order chi connectivity index (χ0) is 18.5. The van der Waals surface area contributed by atoms with E-state index in [1.165, 1.54) is 42.5 Å². The molecule has 0 radical (unpaired) electrons. The number of rotatable bonds is 6. The van der Waals surface area contributed by atoms with E-state index < -0.39 is 24.5 Å². The van der Waals surface area contributed by atoms with Crippen molar-refractivity contribution < 1.29 is 27.5 Å².